The first kappa shape index (κ1) is 20.9. The third-order valence-electron chi connectivity index (χ3n) is 5.46. The number of nitrogens with zero attached hydrogens (tertiary/aromatic N) is 4. The Labute approximate surface area is 185 Å². The number of carbonyl (C=O) groups excluding carboxylic acids is 2. The zero-order valence-electron chi connectivity index (χ0n) is 16.5. The van der Waals surface area contributed by atoms with E-state index >= 15 is 0 Å². The van der Waals surface area contributed by atoms with Crippen LogP contribution < -0.4 is 15.1 Å². The second-order valence-corrected chi connectivity index (χ2v) is 8.39. The minimum absolute atomic E-state index is 0.191. The van der Waals surface area contributed by atoms with Crippen molar-refractivity contribution in [1.82, 2.24) is 15.3 Å². The van der Waals surface area contributed by atoms with Gasteiger partial charge in [-0.3, -0.25) is 9.59 Å². The van der Waals surface area contributed by atoms with Gasteiger partial charge >= 0.3 is 0 Å². The lowest BCUT2D eigenvalue weighted by Gasteiger charge is -2.33. The summed E-state index contributed by atoms with van der Waals surface area (Å²) in [5.41, 5.74) is 0.861. The van der Waals surface area contributed by atoms with Crippen molar-refractivity contribution in [3.8, 4) is 0 Å². The highest BCUT2D eigenvalue weighted by Crippen LogP contribution is 2.31. The lowest BCUT2D eigenvalue weighted by Crippen LogP contribution is -2.52. The molecule has 4 rings (SSSR count). The molecule has 1 unspecified atom stereocenters. The Morgan fingerprint density at radius 3 is 2.63 bits per heavy atom. The summed E-state index contributed by atoms with van der Waals surface area (Å²) in [7, 11) is 0. The molecule has 2 saturated heterocycles. The SMILES string of the molecule is O=C(NC1CCCN(c2ccc(Cl)cc2Cl)C1=O)c1ccnc(N2CCCCC2)n1. The van der Waals surface area contributed by atoms with Gasteiger partial charge in [0.05, 0.1) is 10.7 Å². The number of piperidine rings is 2. The zero-order chi connectivity index (χ0) is 21.1. The van der Waals surface area contributed by atoms with Gasteiger partial charge in [-0.1, -0.05) is 23.2 Å². The van der Waals surface area contributed by atoms with E-state index in [9.17, 15) is 9.59 Å². The molecule has 2 aliphatic heterocycles. The Kier molecular flexibility index (Phi) is 6.39. The topological polar surface area (TPSA) is 78.4 Å². The molecule has 0 saturated carbocycles. The molecule has 158 valence electrons. The standard InChI is InChI=1S/C21H23Cl2N5O2/c22-14-6-7-18(15(23)13-14)28-12-4-5-17(20(28)30)25-19(29)16-8-9-24-21(26-16)27-10-2-1-3-11-27/h6-9,13,17H,1-5,10-12H2,(H,25,29). The van der Waals surface area contributed by atoms with Crippen LogP contribution in [0.2, 0.25) is 10.0 Å². The van der Waals surface area contributed by atoms with Gasteiger partial charge in [-0.25, -0.2) is 9.97 Å². The highest BCUT2D eigenvalue weighted by atomic mass is 35.5. The van der Waals surface area contributed by atoms with E-state index in [4.69, 9.17) is 23.2 Å². The van der Waals surface area contributed by atoms with Gasteiger partial charge in [0, 0.05) is 30.9 Å². The Hall–Kier alpha value is -2.38. The molecule has 9 heteroatoms. The van der Waals surface area contributed by atoms with Gasteiger partial charge in [0.2, 0.25) is 11.9 Å². The second kappa shape index (κ2) is 9.18. The largest absolute Gasteiger partial charge is 0.341 e. The van der Waals surface area contributed by atoms with E-state index in [2.05, 4.69) is 20.2 Å². The van der Waals surface area contributed by atoms with Crippen LogP contribution in [0.25, 0.3) is 0 Å². The Morgan fingerprint density at radius 2 is 1.87 bits per heavy atom. The van der Waals surface area contributed by atoms with Crippen LogP contribution in [0.5, 0.6) is 0 Å². The molecule has 2 fully saturated rings. The number of hydrogen-bond acceptors (Lipinski definition) is 5. The summed E-state index contributed by atoms with van der Waals surface area (Å²) in [6, 6.07) is 5.97. The van der Waals surface area contributed by atoms with Crippen molar-refractivity contribution in [3.05, 3.63) is 46.2 Å². The van der Waals surface area contributed by atoms with Crippen molar-refractivity contribution in [2.24, 2.45) is 0 Å². The van der Waals surface area contributed by atoms with E-state index in [0.717, 1.165) is 32.4 Å². The maximum absolute atomic E-state index is 13.0. The van der Waals surface area contributed by atoms with Crippen LogP contribution >= 0.6 is 23.2 Å². The van der Waals surface area contributed by atoms with Crippen LogP contribution in [0.3, 0.4) is 0 Å². The normalized spacial score (nSPS) is 19.7. The predicted octanol–water partition coefficient (Wildman–Crippen LogP) is 3.70. The van der Waals surface area contributed by atoms with Crippen LogP contribution in [-0.4, -0.2) is 47.5 Å². The van der Waals surface area contributed by atoms with Crippen LogP contribution in [-0.2, 0) is 4.79 Å². The van der Waals surface area contributed by atoms with Crippen molar-refractivity contribution in [2.45, 2.75) is 38.1 Å². The first-order valence-electron chi connectivity index (χ1n) is 10.2. The molecule has 0 bridgehead atoms. The highest BCUT2D eigenvalue weighted by molar-refractivity contribution is 6.36. The molecule has 2 aromatic rings. The van der Waals surface area contributed by atoms with Crippen LogP contribution in [0, 0.1) is 0 Å². The van der Waals surface area contributed by atoms with E-state index in [-0.39, 0.29) is 17.5 Å². The zero-order valence-corrected chi connectivity index (χ0v) is 18.0. The fourth-order valence-electron chi connectivity index (χ4n) is 3.90. The number of aromatic nitrogens is 2. The molecule has 1 atom stereocenters. The molecule has 30 heavy (non-hydrogen) atoms. The Balaban J connectivity index is 1.47. The third-order valence-corrected chi connectivity index (χ3v) is 6.00. The fourth-order valence-corrected chi connectivity index (χ4v) is 4.41. The van der Waals surface area contributed by atoms with Crippen LogP contribution in [0.4, 0.5) is 11.6 Å². The second-order valence-electron chi connectivity index (χ2n) is 7.54. The maximum atomic E-state index is 13.0. The van der Waals surface area contributed by atoms with E-state index in [1.165, 1.54) is 6.42 Å². The highest BCUT2D eigenvalue weighted by Gasteiger charge is 2.32. The van der Waals surface area contributed by atoms with Gasteiger partial charge in [-0.15, -0.1) is 0 Å². The molecule has 2 amide bonds. The molecule has 1 aromatic heterocycles. The van der Waals surface area contributed by atoms with Gasteiger partial charge in [-0.2, -0.15) is 0 Å². The van der Waals surface area contributed by atoms with Gasteiger partial charge in [0.1, 0.15) is 11.7 Å². The van der Waals surface area contributed by atoms with Crippen LogP contribution in [0.15, 0.2) is 30.5 Å². The number of benzene rings is 1. The maximum Gasteiger partial charge on any atom is 0.270 e. The molecule has 1 aromatic carbocycles. The van der Waals surface area contributed by atoms with E-state index in [0.29, 0.717) is 34.6 Å². The van der Waals surface area contributed by atoms with Crippen molar-refractivity contribution in [3.63, 3.8) is 0 Å². The number of hydrogen-bond donors (Lipinski definition) is 1. The lowest BCUT2D eigenvalue weighted by atomic mass is 10.0. The van der Waals surface area contributed by atoms with E-state index in [1.54, 1.807) is 35.4 Å². The molecule has 7 nitrogen and oxygen atoms in total. The summed E-state index contributed by atoms with van der Waals surface area (Å²) in [6.45, 7) is 2.32. The number of carbonyl (C=O) groups is 2. The molecular formula is C21H23Cl2N5O2. The van der Waals surface area contributed by atoms with Crippen molar-refractivity contribution in [1.29, 1.82) is 0 Å². The van der Waals surface area contributed by atoms with Gasteiger partial charge in [0.25, 0.3) is 5.91 Å². The minimum atomic E-state index is -0.633. The lowest BCUT2D eigenvalue weighted by molar-refractivity contribution is -0.121. The number of amides is 2. The molecule has 0 radical (unpaired) electrons. The summed E-state index contributed by atoms with van der Waals surface area (Å²) in [5, 5.41) is 3.75. The number of halogens is 2. The molecular weight excluding hydrogens is 425 g/mol. The molecule has 2 aliphatic rings. The summed E-state index contributed by atoms with van der Waals surface area (Å²) < 4.78 is 0. The van der Waals surface area contributed by atoms with Gasteiger partial charge in [0.15, 0.2) is 0 Å². The fraction of sp³-hybridized carbons (Fsp3) is 0.429. The van der Waals surface area contributed by atoms with E-state index in [1.807, 2.05) is 0 Å². The summed E-state index contributed by atoms with van der Waals surface area (Å²) in [4.78, 5) is 38.3. The first-order valence-corrected chi connectivity index (χ1v) is 10.9. The number of nitrogens with one attached hydrogen (secondary N) is 1. The van der Waals surface area contributed by atoms with Crippen molar-refractivity contribution < 1.29 is 9.59 Å². The quantitative estimate of drug-likeness (QED) is 0.772. The number of anilines is 2. The van der Waals surface area contributed by atoms with Gasteiger partial charge in [-0.05, 0) is 56.4 Å². The number of rotatable bonds is 4. The van der Waals surface area contributed by atoms with Gasteiger partial charge < -0.3 is 15.1 Å². The predicted molar refractivity (Wildman–Crippen MR) is 117 cm³/mol. The molecule has 0 spiro atoms. The van der Waals surface area contributed by atoms with Crippen molar-refractivity contribution >= 4 is 46.7 Å². The molecule has 0 aliphatic carbocycles. The van der Waals surface area contributed by atoms with Crippen LogP contribution in [0.1, 0.15) is 42.6 Å². The first-order chi connectivity index (χ1) is 14.5. The van der Waals surface area contributed by atoms with E-state index < -0.39 is 6.04 Å². The molecule has 1 N–H and O–H groups in total. The Morgan fingerprint density at radius 1 is 1.07 bits per heavy atom. The Bertz CT molecular complexity index is 949. The smallest absolute Gasteiger partial charge is 0.270 e. The summed E-state index contributed by atoms with van der Waals surface area (Å²) in [6.07, 6.45) is 6.30. The average Bonchev–Trinajstić information content (AvgIpc) is 2.76. The summed E-state index contributed by atoms with van der Waals surface area (Å²) >= 11 is 12.2. The minimum Gasteiger partial charge on any atom is -0.341 e. The summed E-state index contributed by atoms with van der Waals surface area (Å²) in [5.74, 6) is -0.00547. The third kappa shape index (κ3) is 4.52. The monoisotopic (exact) mass is 447 g/mol. The van der Waals surface area contributed by atoms with Crippen molar-refractivity contribution in [2.75, 3.05) is 29.4 Å². The molecule has 3 heterocycles. The average molecular weight is 448 g/mol.